The number of rotatable bonds is 9. The van der Waals surface area contributed by atoms with E-state index in [1.165, 1.54) is 11.1 Å². The molecule has 1 aliphatic heterocycles. The van der Waals surface area contributed by atoms with Gasteiger partial charge >= 0.3 is 6.09 Å². The first-order valence-corrected chi connectivity index (χ1v) is 13.1. The van der Waals surface area contributed by atoms with Gasteiger partial charge in [0.1, 0.15) is 12.4 Å². The van der Waals surface area contributed by atoms with E-state index in [-0.39, 0.29) is 12.5 Å². The number of alkyl carbamates (subject to hydrolysis) is 1. The zero-order valence-corrected chi connectivity index (χ0v) is 22.0. The average Bonchev–Trinajstić information content (AvgIpc) is 2.92. The Morgan fingerprint density at radius 3 is 2.57 bits per heavy atom. The third-order valence-corrected chi connectivity index (χ3v) is 6.86. The third kappa shape index (κ3) is 6.50. The van der Waals surface area contributed by atoms with Gasteiger partial charge in [-0.2, -0.15) is 0 Å². The van der Waals surface area contributed by atoms with Crippen molar-refractivity contribution in [2.24, 2.45) is 0 Å². The molecule has 3 aromatic rings. The van der Waals surface area contributed by atoms with Crippen molar-refractivity contribution in [2.45, 2.75) is 53.1 Å². The molecule has 1 heterocycles. The second kappa shape index (κ2) is 12.4. The van der Waals surface area contributed by atoms with Gasteiger partial charge in [-0.15, -0.1) is 0 Å². The van der Waals surface area contributed by atoms with Gasteiger partial charge in [0.25, 0.3) is 0 Å². The van der Waals surface area contributed by atoms with Crippen molar-refractivity contribution < 1.29 is 19.1 Å². The number of ether oxygens (including phenoxy) is 2. The maximum Gasteiger partial charge on any atom is 0.407 e. The van der Waals surface area contributed by atoms with E-state index in [2.05, 4.69) is 49.5 Å². The molecule has 4 rings (SSSR count). The third-order valence-electron chi connectivity index (χ3n) is 6.86. The number of carbonyl (C=O) groups is 2. The van der Waals surface area contributed by atoms with Gasteiger partial charge in [-0.25, -0.2) is 4.79 Å². The Morgan fingerprint density at radius 2 is 1.78 bits per heavy atom. The maximum absolute atomic E-state index is 13.2. The van der Waals surface area contributed by atoms with Crippen LogP contribution in [0.4, 0.5) is 10.5 Å². The van der Waals surface area contributed by atoms with Crippen LogP contribution in [0, 0.1) is 13.8 Å². The fraction of sp³-hybridized carbons (Fsp3) is 0.355. The summed E-state index contributed by atoms with van der Waals surface area (Å²) in [6, 6.07) is 20.3. The summed E-state index contributed by atoms with van der Waals surface area (Å²) in [7, 11) is 0. The lowest BCUT2D eigenvalue weighted by Crippen LogP contribution is -2.35. The van der Waals surface area contributed by atoms with Crippen molar-refractivity contribution >= 4 is 17.7 Å². The summed E-state index contributed by atoms with van der Waals surface area (Å²) in [5.74, 6) is 1.03. The van der Waals surface area contributed by atoms with Gasteiger partial charge in [0, 0.05) is 25.2 Å². The molecule has 37 heavy (non-hydrogen) atoms. The van der Waals surface area contributed by atoms with Crippen LogP contribution in [0.1, 0.15) is 48.4 Å². The van der Waals surface area contributed by atoms with Crippen molar-refractivity contribution in [3.63, 3.8) is 0 Å². The summed E-state index contributed by atoms with van der Waals surface area (Å²) < 4.78 is 11.2. The van der Waals surface area contributed by atoms with E-state index in [9.17, 15) is 9.59 Å². The van der Waals surface area contributed by atoms with Gasteiger partial charge in [0.05, 0.1) is 6.61 Å². The summed E-state index contributed by atoms with van der Waals surface area (Å²) in [5, 5.41) is 2.63. The standard InChI is InChI=1S/C31H36N2O4/c1-4-32-31(35)37-21-24-15-17-25(18-16-24)26-10-6-12-28-27(26)11-7-19-33(28)30(34)14-8-20-36-29-13-5-9-22(2)23(29)3/h5-6,9-10,12-13,15-18H,4,7-8,11,14,19-21H2,1-3H3,(H,32,35). The number of hydrogen-bond acceptors (Lipinski definition) is 4. The fourth-order valence-electron chi connectivity index (χ4n) is 4.70. The molecule has 0 atom stereocenters. The lowest BCUT2D eigenvalue weighted by molar-refractivity contribution is -0.118. The van der Waals surface area contributed by atoms with Crippen LogP contribution >= 0.6 is 0 Å². The summed E-state index contributed by atoms with van der Waals surface area (Å²) in [6.45, 7) is 8.02. The lowest BCUT2D eigenvalue weighted by Gasteiger charge is -2.31. The molecule has 0 saturated carbocycles. The summed E-state index contributed by atoms with van der Waals surface area (Å²) in [5.41, 5.74) is 7.73. The number of nitrogens with zero attached hydrogens (tertiary/aromatic N) is 1. The number of aryl methyl sites for hydroxylation is 1. The van der Waals surface area contributed by atoms with Gasteiger partial charge in [-0.05, 0) is 85.5 Å². The predicted molar refractivity (Wildman–Crippen MR) is 147 cm³/mol. The number of fused-ring (bicyclic) bond motifs is 1. The zero-order valence-electron chi connectivity index (χ0n) is 22.0. The number of benzene rings is 3. The molecule has 2 amide bonds. The highest BCUT2D eigenvalue weighted by Crippen LogP contribution is 2.36. The van der Waals surface area contributed by atoms with E-state index in [0.717, 1.165) is 53.1 Å². The minimum atomic E-state index is -0.412. The van der Waals surface area contributed by atoms with Gasteiger partial charge in [-0.1, -0.05) is 48.5 Å². The largest absolute Gasteiger partial charge is 0.493 e. The molecule has 1 N–H and O–H groups in total. The molecular weight excluding hydrogens is 464 g/mol. The van der Waals surface area contributed by atoms with Crippen LogP contribution in [0.25, 0.3) is 11.1 Å². The number of carbonyl (C=O) groups excluding carboxylic acids is 2. The molecule has 0 spiro atoms. The topological polar surface area (TPSA) is 67.9 Å². The Bertz CT molecular complexity index is 1240. The van der Waals surface area contributed by atoms with Gasteiger partial charge in [-0.3, -0.25) is 4.79 Å². The van der Waals surface area contributed by atoms with Crippen LogP contribution in [0.15, 0.2) is 60.7 Å². The molecule has 0 bridgehead atoms. The highest BCUT2D eigenvalue weighted by Gasteiger charge is 2.24. The van der Waals surface area contributed by atoms with E-state index >= 15 is 0 Å². The van der Waals surface area contributed by atoms with E-state index < -0.39 is 6.09 Å². The van der Waals surface area contributed by atoms with E-state index in [4.69, 9.17) is 9.47 Å². The lowest BCUT2D eigenvalue weighted by atomic mass is 9.91. The normalized spacial score (nSPS) is 12.6. The van der Waals surface area contributed by atoms with Crippen LogP contribution in [0.5, 0.6) is 5.75 Å². The molecule has 0 aromatic heterocycles. The first-order valence-electron chi connectivity index (χ1n) is 13.1. The molecule has 0 radical (unpaired) electrons. The van der Waals surface area contributed by atoms with Crippen molar-refractivity contribution in [2.75, 3.05) is 24.6 Å². The fourth-order valence-corrected chi connectivity index (χ4v) is 4.70. The zero-order chi connectivity index (χ0) is 26.2. The Morgan fingerprint density at radius 1 is 1.00 bits per heavy atom. The van der Waals surface area contributed by atoms with Crippen LogP contribution < -0.4 is 15.0 Å². The maximum atomic E-state index is 13.2. The van der Waals surface area contributed by atoms with Gasteiger partial charge in [0.2, 0.25) is 5.91 Å². The van der Waals surface area contributed by atoms with Crippen LogP contribution in [-0.4, -0.2) is 31.7 Å². The Labute approximate surface area is 219 Å². The summed E-state index contributed by atoms with van der Waals surface area (Å²) >= 11 is 0. The van der Waals surface area contributed by atoms with Crippen LogP contribution in [0.2, 0.25) is 0 Å². The Kier molecular flexibility index (Phi) is 8.83. The highest BCUT2D eigenvalue weighted by molar-refractivity contribution is 5.96. The second-order valence-electron chi connectivity index (χ2n) is 9.41. The minimum absolute atomic E-state index is 0.139. The van der Waals surface area contributed by atoms with Crippen molar-refractivity contribution in [1.29, 1.82) is 0 Å². The number of amides is 2. The van der Waals surface area contributed by atoms with Gasteiger partial charge < -0.3 is 19.7 Å². The molecular formula is C31H36N2O4. The number of anilines is 1. The molecule has 194 valence electrons. The predicted octanol–water partition coefficient (Wildman–Crippen LogP) is 6.35. The summed E-state index contributed by atoms with van der Waals surface area (Å²) in [4.78, 5) is 26.7. The molecule has 0 unspecified atom stereocenters. The van der Waals surface area contributed by atoms with Crippen molar-refractivity contribution in [1.82, 2.24) is 5.32 Å². The first-order chi connectivity index (χ1) is 18.0. The van der Waals surface area contributed by atoms with Crippen molar-refractivity contribution in [3.8, 4) is 16.9 Å². The van der Waals surface area contributed by atoms with Gasteiger partial charge in [0.15, 0.2) is 0 Å². The minimum Gasteiger partial charge on any atom is -0.493 e. The number of hydrogen-bond donors (Lipinski definition) is 1. The molecule has 3 aromatic carbocycles. The molecule has 0 aliphatic carbocycles. The Balaban J connectivity index is 1.39. The average molecular weight is 501 g/mol. The molecule has 6 heteroatoms. The van der Waals surface area contributed by atoms with E-state index in [0.29, 0.717) is 26.0 Å². The number of nitrogens with one attached hydrogen (secondary N) is 1. The molecule has 1 aliphatic rings. The molecule has 6 nitrogen and oxygen atoms in total. The van der Waals surface area contributed by atoms with Crippen molar-refractivity contribution in [3.05, 3.63) is 82.9 Å². The molecule has 0 fully saturated rings. The van der Waals surface area contributed by atoms with Crippen LogP contribution in [0.3, 0.4) is 0 Å². The monoisotopic (exact) mass is 500 g/mol. The first kappa shape index (κ1) is 26.3. The Hall–Kier alpha value is -3.80. The van der Waals surface area contributed by atoms with E-state index in [1.54, 1.807) is 0 Å². The van der Waals surface area contributed by atoms with E-state index in [1.807, 2.05) is 42.2 Å². The quantitative estimate of drug-likeness (QED) is 0.348. The highest BCUT2D eigenvalue weighted by atomic mass is 16.5. The second-order valence-corrected chi connectivity index (χ2v) is 9.41. The smallest absolute Gasteiger partial charge is 0.407 e. The molecule has 0 saturated heterocycles. The SMILES string of the molecule is CCNC(=O)OCc1ccc(-c2cccc3c2CCCN3C(=O)CCCOc2cccc(C)c2C)cc1. The van der Waals surface area contributed by atoms with Crippen LogP contribution in [-0.2, 0) is 22.6 Å². The summed E-state index contributed by atoms with van der Waals surface area (Å²) in [6.07, 6.45) is 2.59.